The second-order valence-corrected chi connectivity index (χ2v) is 5.89. The lowest BCUT2D eigenvalue weighted by atomic mass is 10.0. The van der Waals surface area contributed by atoms with Crippen LogP contribution in [0.5, 0.6) is 0 Å². The van der Waals surface area contributed by atoms with E-state index in [1.54, 1.807) is 0 Å². The Kier molecular flexibility index (Phi) is 3.97. The summed E-state index contributed by atoms with van der Waals surface area (Å²) in [7, 11) is 2.15. The van der Waals surface area contributed by atoms with Gasteiger partial charge in [-0.25, -0.2) is 0 Å². The van der Waals surface area contributed by atoms with Gasteiger partial charge in [0.05, 0.1) is 5.69 Å². The molecule has 0 radical (unpaired) electrons. The van der Waals surface area contributed by atoms with Crippen molar-refractivity contribution < 1.29 is 0 Å². The zero-order valence-corrected chi connectivity index (χ0v) is 11.8. The number of nitrogens with one attached hydrogen (secondary N) is 1. The summed E-state index contributed by atoms with van der Waals surface area (Å²) in [4.78, 5) is 2.30. The van der Waals surface area contributed by atoms with E-state index in [1.807, 2.05) is 0 Å². The van der Waals surface area contributed by atoms with Crippen LogP contribution in [0.4, 0.5) is 5.82 Å². The Labute approximate surface area is 115 Å². The van der Waals surface area contributed by atoms with Crippen LogP contribution in [-0.4, -0.2) is 36.4 Å². The van der Waals surface area contributed by atoms with Crippen LogP contribution in [0, 0.1) is 0 Å². The van der Waals surface area contributed by atoms with Gasteiger partial charge >= 0.3 is 0 Å². The monoisotopic (exact) mass is 260 g/mol. The fourth-order valence-electron chi connectivity index (χ4n) is 3.34. The molecule has 2 heterocycles. The molecule has 1 aliphatic carbocycles. The summed E-state index contributed by atoms with van der Waals surface area (Å²) in [5, 5.41) is 12.3. The number of rotatable bonds is 3. The highest BCUT2D eigenvalue weighted by molar-refractivity contribution is 5.38. The molecule has 0 bridgehead atoms. The minimum Gasteiger partial charge on any atom is -0.355 e. The highest BCUT2D eigenvalue weighted by atomic mass is 15.3. The molecule has 1 aromatic heterocycles. The first-order valence-electron chi connectivity index (χ1n) is 7.62. The zero-order valence-electron chi connectivity index (χ0n) is 11.8. The highest BCUT2D eigenvalue weighted by Crippen LogP contribution is 2.33. The van der Waals surface area contributed by atoms with Gasteiger partial charge in [0, 0.05) is 19.0 Å². The lowest BCUT2D eigenvalue weighted by Crippen LogP contribution is -2.41. The molecule has 4 heteroatoms. The van der Waals surface area contributed by atoms with Crippen LogP contribution >= 0.6 is 0 Å². The zero-order chi connectivity index (χ0) is 13.1. The topological polar surface area (TPSA) is 41.1 Å². The molecule has 1 aliphatic heterocycles. The number of aromatic nitrogens is 2. The maximum Gasteiger partial charge on any atom is 0.151 e. The van der Waals surface area contributed by atoms with E-state index in [0.717, 1.165) is 18.9 Å². The molecule has 4 nitrogen and oxygen atoms in total. The van der Waals surface area contributed by atoms with Crippen LogP contribution in [0.15, 0.2) is 12.1 Å². The third kappa shape index (κ3) is 2.89. The number of hydrogen-bond acceptors (Lipinski definition) is 4. The van der Waals surface area contributed by atoms with Crippen LogP contribution in [0.1, 0.15) is 50.1 Å². The van der Waals surface area contributed by atoms with Crippen LogP contribution in [0.2, 0.25) is 0 Å². The van der Waals surface area contributed by atoms with Gasteiger partial charge in [-0.15, -0.1) is 5.10 Å². The molecule has 0 unspecified atom stereocenters. The van der Waals surface area contributed by atoms with Crippen molar-refractivity contribution in [1.29, 1.82) is 0 Å². The molecule has 2 aliphatic rings. The van der Waals surface area contributed by atoms with Gasteiger partial charge in [0.2, 0.25) is 0 Å². The van der Waals surface area contributed by atoms with Crippen molar-refractivity contribution >= 4 is 5.82 Å². The van der Waals surface area contributed by atoms with Crippen LogP contribution in [-0.2, 0) is 0 Å². The second-order valence-electron chi connectivity index (χ2n) is 5.89. The fraction of sp³-hybridized carbons (Fsp3) is 0.733. The van der Waals surface area contributed by atoms with Gasteiger partial charge in [-0.05, 0) is 50.9 Å². The van der Waals surface area contributed by atoms with E-state index in [4.69, 9.17) is 0 Å². The van der Waals surface area contributed by atoms with Crippen molar-refractivity contribution in [2.75, 3.05) is 25.0 Å². The Morgan fingerprint density at radius 1 is 1.05 bits per heavy atom. The number of nitrogens with zero attached hydrogens (tertiary/aromatic N) is 3. The van der Waals surface area contributed by atoms with Crippen molar-refractivity contribution in [3.05, 3.63) is 17.8 Å². The molecule has 1 saturated carbocycles. The lowest BCUT2D eigenvalue weighted by molar-refractivity contribution is 0.441. The van der Waals surface area contributed by atoms with E-state index < -0.39 is 0 Å². The molecule has 0 aromatic carbocycles. The molecule has 1 saturated heterocycles. The number of piperidine rings is 1. The summed E-state index contributed by atoms with van der Waals surface area (Å²) >= 11 is 0. The van der Waals surface area contributed by atoms with Crippen molar-refractivity contribution in [2.24, 2.45) is 0 Å². The Balaban J connectivity index is 1.67. The first kappa shape index (κ1) is 12.9. The van der Waals surface area contributed by atoms with Gasteiger partial charge in [-0.1, -0.05) is 12.8 Å². The molecule has 104 valence electrons. The predicted molar refractivity (Wildman–Crippen MR) is 77.5 cm³/mol. The number of hydrogen-bond donors (Lipinski definition) is 1. The van der Waals surface area contributed by atoms with Gasteiger partial charge in [0.15, 0.2) is 5.82 Å². The van der Waals surface area contributed by atoms with Crippen molar-refractivity contribution in [3.8, 4) is 0 Å². The molecule has 1 N–H and O–H groups in total. The molecule has 19 heavy (non-hydrogen) atoms. The summed E-state index contributed by atoms with van der Waals surface area (Å²) in [5.41, 5.74) is 1.19. The fourth-order valence-corrected chi connectivity index (χ4v) is 3.34. The maximum absolute atomic E-state index is 4.47. The van der Waals surface area contributed by atoms with Crippen molar-refractivity contribution in [2.45, 2.75) is 50.5 Å². The molecular weight excluding hydrogens is 236 g/mol. The lowest BCUT2D eigenvalue weighted by Gasteiger charge is -2.32. The second kappa shape index (κ2) is 5.87. The Morgan fingerprint density at radius 3 is 2.42 bits per heavy atom. The van der Waals surface area contributed by atoms with Gasteiger partial charge in [0.1, 0.15) is 0 Å². The molecule has 2 fully saturated rings. The maximum atomic E-state index is 4.47. The van der Waals surface area contributed by atoms with Crippen LogP contribution in [0.3, 0.4) is 0 Å². The average molecular weight is 260 g/mol. The molecule has 0 spiro atoms. The van der Waals surface area contributed by atoms with Gasteiger partial charge in [-0.3, -0.25) is 0 Å². The summed E-state index contributed by atoms with van der Waals surface area (Å²) in [6, 6.07) is 4.95. The third-order valence-electron chi connectivity index (χ3n) is 4.66. The summed E-state index contributed by atoms with van der Waals surface area (Å²) in [5.74, 6) is 1.68. The van der Waals surface area contributed by atoms with E-state index in [1.165, 1.54) is 44.2 Å². The molecule has 3 rings (SSSR count). The summed E-state index contributed by atoms with van der Waals surface area (Å²) in [6.07, 6.45) is 7.67. The van der Waals surface area contributed by atoms with Gasteiger partial charge in [-0.2, -0.15) is 5.10 Å². The normalized spacial score (nSPS) is 21.7. The Bertz CT molecular complexity index is 391. The molecule has 0 atom stereocenters. The molecular formula is C15H24N4. The van der Waals surface area contributed by atoms with E-state index >= 15 is 0 Å². The standard InChI is InChI=1S/C15H24N4/c1-19(13-8-10-16-11-9-13)15-7-6-14(17-18-15)12-4-2-3-5-12/h6-7,12-13,16H,2-5,8-11H2,1H3. The minimum atomic E-state index is 0.605. The average Bonchev–Trinajstić information content (AvgIpc) is 3.02. The van der Waals surface area contributed by atoms with E-state index in [2.05, 4.69) is 39.6 Å². The van der Waals surface area contributed by atoms with E-state index in [-0.39, 0.29) is 0 Å². The quantitative estimate of drug-likeness (QED) is 0.905. The van der Waals surface area contributed by atoms with Crippen LogP contribution < -0.4 is 10.2 Å². The Morgan fingerprint density at radius 2 is 1.79 bits per heavy atom. The largest absolute Gasteiger partial charge is 0.355 e. The summed E-state index contributed by atoms with van der Waals surface area (Å²) in [6.45, 7) is 2.23. The van der Waals surface area contributed by atoms with Crippen molar-refractivity contribution in [3.63, 3.8) is 0 Å². The van der Waals surface area contributed by atoms with Gasteiger partial charge in [0.25, 0.3) is 0 Å². The minimum absolute atomic E-state index is 0.605. The molecule has 0 amide bonds. The van der Waals surface area contributed by atoms with Gasteiger partial charge < -0.3 is 10.2 Å². The summed E-state index contributed by atoms with van der Waals surface area (Å²) < 4.78 is 0. The van der Waals surface area contributed by atoms with E-state index in [0.29, 0.717) is 12.0 Å². The highest BCUT2D eigenvalue weighted by Gasteiger charge is 2.21. The SMILES string of the molecule is CN(c1ccc(C2CCCC2)nn1)C1CCNCC1. The van der Waals surface area contributed by atoms with Crippen LogP contribution in [0.25, 0.3) is 0 Å². The number of anilines is 1. The Hall–Kier alpha value is -1.16. The third-order valence-corrected chi connectivity index (χ3v) is 4.66. The van der Waals surface area contributed by atoms with E-state index in [9.17, 15) is 0 Å². The molecule has 1 aromatic rings. The first-order chi connectivity index (χ1) is 9.34. The first-order valence-corrected chi connectivity index (χ1v) is 7.62. The predicted octanol–water partition coefficient (Wildman–Crippen LogP) is 2.32. The van der Waals surface area contributed by atoms with Crippen molar-refractivity contribution in [1.82, 2.24) is 15.5 Å². The smallest absolute Gasteiger partial charge is 0.151 e.